The van der Waals surface area contributed by atoms with Gasteiger partial charge < -0.3 is 15.6 Å². The molecule has 2 unspecified atom stereocenters. The third kappa shape index (κ3) is 2.76. The highest BCUT2D eigenvalue weighted by Gasteiger charge is 2.47. The van der Waals surface area contributed by atoms with Crippen molar-refractivity contribution in [1.29, 1.82) is 0 Å². The number of nitrogens with two attached hydrogens (primary N) is 1. The van der Waals surface area contributed by atoms with Crippen LogP contribution >= 0.6 is 0 Å². The zero-order valence-corrected chi connectivity index (χ0v) is 11.5. The first-order valence-electron chi connectivity index (χ1n) is 7.09. The number of hydrogen-bond donors (Lipinski definition) is 2. The van der Waals surface area contributed by atoms with Gasteiger partial charge in [-0.2, -0.15) is 0 Å². The summed E-state index contributed by atoms with van der Waals surface area (Å²) < 4.78 is 6.11. The Kier molecular flexibility index (Phi) is 3.85. The third-order valence-electron chi connectivity index (χ3n) is 4.76. The van der Waals surface area contributed by atoms with Crippen molar-refractivity contribution in [2.24, 2.45) is 11.1 Å². The van der Waals surface area contributed by atoms with E-state index in [1.807, 2.05) is 0 Å². The van der Waals surface area contributed by atoms with E-state index in [0.29, 0.717) is 0 Å². The minimum absolute atomic E-state index is 0.0556. The monoisotopic (exact) mass is 269 g/mol. The summed E-state index contributed by atoms with van der Waals surface area (Å²) in [6.45, 7) is 1.40. The van der Waals surface area contributed by atoms with Gasteiger partial charge in [-0.25, -0.2) is 0 Å². The first-order chi connectivity index (χ1) is 8.88. The van der Waals surface area contributed by atoms with E-state index in [4.69, 9.17) is 10.5 Å². The molecule has 19 heavy (non-hydrogen) atoms. The number of rotatable bonds is 4. The first-order valence-corrected chi connectivity index (χ1v) is 7.09. The van der Waals surface area contributed by atoms with E-state index in [2.05, 4.69) is 0 Å². The van der Waals surface area contributed by atoms with Crippen molar-refractivity contribution in [3.63, 3.8) is 0 Å². The minimum atomic E-state index is -1.52. The van der Waals surface area contributed by atoms with Crippen molar-refractivity contribution in [1.82, 2.24) is 0 Å². The number of carbonyl (C=O) groups is 2. The summed E-state index contributed by atoms with van der Waals surface area (Å²) in [4.78, 5) is 22.7. The molecule has 1 spiro atoms. The van der Waals surface area contributed by atoms with Crippen LogP contribution in [0, 0.1) is 5.41 Å². The van der Waals surface area contributed by atoms with Gasteiger partial charge in [-0.15, -0.1) is 0 Å². The summed E-state index contributed by atoms with van der Waals surface area (Å²) in [6, 6.07) is 0. The molecular weight excluding hydrogens is 246 g/mol. The van der Waals surface area contributed by atoms with Gasteiger partial charge in [0, 0.05) is 0 Å². The molecule has 5 nitrogen and oxygen atoms in total. The van der Waals surface area contributed by atoms with E-state index in [1.54, 1.807) is 0 Å². The van der Waals surface area contributed by atoms with Gasteiger partial charge >= 0.3 is 5.97 Å². The highest BCUT2D eigenvalue weighted by Crippen LogP contribution is 2.44. The second-order valence-electron chi connectivity index (χ2n) is 6.23. The van der Waals surface area contributed by atoms with Crippen LogP contribution in [0.3, 0.4) is 0 Å². The molecule has 1 saturated heterocycles. The summed E-state index contributed by atoms with van der Waals surface area (Å²) in [5.74, 6) is -1.94. The number of hydrogen-bond acceptors (Lipinski definition) is 3. The molecule has 2 atom stereocenters. The lowest BCUT2D eigenvalue weighted by atomic mass is 9.81. The van der Waals surface area contributed by atoms with Crippen LogP contribution in [0.4, 0.5) is 0 Å². The number of carboxylic acids is 1. The lowest BCUT2D eigenvalue weighted by molar-refractivity contribution is -0.157. The number of amides is 1. The van der Waals surface area contributed by atoms with Gasteiger partial charge in [0.05, 0.1) is 11.7 Å². The molecule has 2 fully saturated rings. The fourth-order valence-electron chi connectivity index (χ4n) is 3.35. The normalized spacial score (nSPS) is 29.0. The summed E-state index contributed by atoms with van der Waals surface area (Å²) in [7, 11) is 0. The van der Waals surface area contributed by atoms with Gasteiger partial charge in [-0.05, 0) is 39.0 Å². The molecule has 1 amide bonds. The fourth-order valence-corrected chi connectivity index (χ4v) is 3.35. The highest BCUT2D eigenvalue weighted by atomic mass is 16.5. The van der Waals surface area contributed by atoms with Crippen LogP contribution in [0.2, 0.25) is 0 Å². The van der Waals surface area contributed by atoms with Crippen molar-refractivity contribution in [3.05, 3.63) is 0 Å². The Hall–Kier alpha value is -1.10. The average molecular weight is 269 g/mol. The molecule has 3 N–H and O–H groups in total. The van der Waals surface area contributed by atoms with Crippen molar-refractivity contribution >= 4 is 11.9 Å². The predicted molar refractivity (Wildman–Crippen MR) is 69.5 cm³/mol. The average Bonchev–Trinajstić information content (AvgIpc) is 2.72. The Morgan fingerprint density at radius 2 is 1.95 bits per heavy atom. The van der Waals surface area contributed by atoms with Crippen LogP contribution in [0.15, 0.2) is 0 Å². The van der Waals surface area contributed by atoms with E-state index >= 15 is 0 Å². The predicted octanol–water partition coefficient (Wildman–Crippen LogP) is 1.83. The van der Waals surface area contributed by atoms with E-state index in [-0.39, 0.29) is 18.1 Å². The Morgan fingerprint density at radius 3 is 2.47 bits per heavy atom. The number of ether oxygens (including phenoxy) is 1. The molecule has 5 heteroatoms. The molecule has 1 saturated carbocycles. The Labute approximate surface area is 113 Å². The smallest absolute Gasteiger partial charge is 0.319 e. The number of primary amides is 1. The second kappa shape index (κ2) is 5.12. The van der Waals surface area contributed by atoms with Crippen LogP contribution in [0.1, 0.15) is 58.3 Å². The van der Waals surface area contributed by atoms with Gasteiger partial charge in [0.2, 0.25) is 5.91 Å². The van der Waals surface area contributed by atoms with Gasteiger partial charge in [-0.1, -0.05) is 19.3 Å². The van der Waals surface area contributed by atoms with E-state index in [0.717, 1.165) is 25.7 Å². The van der Waals surface area contributed by atoms with Gasteiger partial charge in [0.1, 0.15) is 5.41 Å². The number of aliphatic carboxylic acids is 1. The maximum atomic E-state index is 11.4. The maximum Gasteiger partial charge on any atom is 0.319 e. The standard InChI is InChI=1S/C14H23NO4/c1-13(11(15)16,12(17)18)9-10-5-8-14(19-10)6-3-2-4-7-14/h10H,2-9H2,1H3,(H2,15,16)(H,17,18). The molecule has 1 heterocycles. The molecule has 0 bridgehead atoms. The van der Waals surface area contributed by atoms with Crippen molar-refractivity contribution in [2.45, 2.75) is 70.0 Å². The lowest BCUT2D eigenvalue weighted by Crippen LogP contribution is -2.44. The Morgan fingerprint density at radius 1 is 1.32 bits per heavy atom. The van der Waals surface area contributed by atoms with Gasteiger partial charge in [0.25, 0.3) is 0 Å². The quantitative estimate of drug-likeness (QED) is 0.762. The van der Waals surface area contributed by atoms with E-state index < -0.39 is 17.3 Å². The van der Waals surface area contributed by atoms with Crippen molar-refractivity contribution < 1.29 is 19.4 Å². The van der Waals surface area contributed by atoms with E-state index in [1.165, 1.54) is 26.2 Å². The Bertz CT molecular complexity index is 360. The molecule has 0 aromatic rings. The SMILES string of the molecule is CC(CC1CCC2(CCCCC2)O1)(C(N)=O)C(=O)O. The van der Waals surface area contributed by atoms with Gasteiger partial charge in [0.15, 0.2) is 0 Å². The molecule has 1 aliphatic carbocycles. The number of carboxylic acid groups (broad SMARTS) is 1. The molecule has 0 aromatic carbocycles. The summed E-state index contributed by atoms with van der Waals surface area (Å²) >= 11 is 0. The van der Waals surface area contributed by atoms with Crippen LogP contribution in [0.25, 0.3) is 0 Å². The summed E-state index contributed by atoms with van der Waals surface area (Å²) in [5.41, 5.74) is 3.67. The second-order valence-corrected chi connectivity index (χ2v) is 6.23. The summed E-state index contributed by atoms with van der Waals surface area (Å²) in [6.07, 6.45) is 7.56. The lowest BCUT2D eigenvalue weighted by Gasteiger charge is -2.34. The molecule has 2 rings (SSSR count). The topological polar surface area (TPSA) is 89.6 Å². The minimum Gasteiger partial charge on any atom is -0.480 e. The summed E-state index contributed by atoms with van der Waals surface area (Å²) in [5, 5.41) is 9.21. The largest absolute Gasteiger partial charge is 0.480 e. The molecule has 2 aliphatic rings. The van der Waals surface area contributed by atoms with Crippen LogP contribution in [-0.2, 0) is 14.3 Å². The van der Waals surface area contributed by atoms with Gasteiger partial charge in [-0.3, -0.25) is 9.59 Å². The van der Waals surface area contributed by atoms with Crippen molar-refractivity contribution in [3.8, 4) is 0 Å². The van der Waals surface area contributed by atoms with E-state index in [9.17, 15) is 14.7 Å². The third-order valence-corrected chi connectivity index (χ3v) is 4.76. The fraction of sp³-hybridized carbons (Fsp3) is 0.857. The van der Waals surface area contributed by atoms with Crippen LogP contribution < -0.4 is 5.73 Å². The molecule has 1 aliphatic heterocycles. The first kappa shape index (κ1) is 14.3. The zero-order chi connectivity index (χ0) is 14.1. The molecule has 0 radical (unpaired) electrons. The maximum absolute atomic E-state index is 11.4. The zero-order valence-electron chi connectivity index (χ0n) is 11.5. The molecule has 0 aromatic heterocycles. The van der Waals surface area contributed by atoms with Crippen LogP contribution in [0.5, 0.6) is 0 Å². The molecular formula is C14H23NO4. The number of carbonyl (C=O) groups excluding carboxylic acids is 1. The van der Waals surface area contributed by atoms with Crippen LogP contribution in [-0.4, -0.2) is 28.7 Å². The molecule has 108 valence electrons. The van der Waals surface area contributed by atoms with Crippen molar-refractivity contribution in [2.75, 3.05) is 0 Å². The Balaban J connectivity index is 2.01. The highest BCUT2D eigenvalue weighted by molar-refractivity contribution is 6.00.